The first-order valence-corrected chi connectivity index (χ1v) is 8.91. The number of hydrogen-bond donors (Lipinski definition) is 1. The van der Waals surface area contributed by atoms with E-state index >= 15 is 0 Å². The van der Waals surface area contributed by atoms with Gasteiger partial charge in [-0.25, -0.2) is 9.97 Å². The van der Waals surface area contributed by atoms with Crippen molar-refractivity contribution < 1.29 is 4.79 Å². The average Bonchev–Trinajstić information content (AvgIpc) is 3.45. The zero-order valence-electron chi connectivity index (χ0n) is 14.5. The molecule has 7 nitrogen and oxygen atoms in total. The molecule has 4 aromatic heterocycles. The number of rotatable bonds is 4. The molecule has 5 rings (SSSR count). The summed E-state index contributed by atoms with van der Waals surface area (Å²) in [4.78, 5) is 33.3. The summed E-state index contributed by atoms with van der Waals surface area (Å²) in [6.45, 7) is 0.273. The molecule has 1 aliphatic carbocycles. The smallest absolute Gasteiger partial charge is 0.270 e. The number of nitrogens with zero attached hydrogens (tertiary/aromatic N) is 4. The first-order chi connectivity index (χ1) is 13.2. The molecule has 134 valence electrons. The number of carbonyl (C=O) groups is 1. The highest BCUT2D eigenvalue weighted by molar-refractivity contribution is 5.92. The first kappa shape index (κ1) is 15.7. The molecular formula is C20H17N5O2. The van der Waals surface area contributed by atoms with Crippen molar-refractivity contribution in [1.29, 1.82) is 0 Å². The summed E-state index contributed by atoms with van der Waals surface area (Å²) in [5, 5.41) is 2.79. The quantitative estimate of drug-likeness (QED) is 0.605. The van der Waals surface area contributed by atoms with Gasteiger partial charge >= 0.3 is 0 Å². The van der Waals surface area contributed by atoms with Crippen LogP contribution in [0.2, 0.25) is 0 Å². The Labute approximate surface area is 154 Å². The van der Waals surface area contributed by atoms with E-state index in [-0.39, 0.29) is 17.8 Å². The molecule has 1 saturated carbocycles. The lowest BCUT2D eigenvalue weighted by Gasteiger charge is -2.04. The minimum absolute atomic E-state index is 0.103. The van der Waals surface area contributed by atoms with Gasteiger partial charge in [0.1, 0.15) is 17.0 Å². The molecule has 0 saturated heterocycles. The number of aromatic nitrogens is 4. The van der Waals surface area contributed by atoms with Crippen LogP contribution in [0.5, 0.6) is 0 Å². The molecule has 1 fully saturated rings. The van der Waals surface area contributed by atoms with Gasteiger partial charge in [-0.1, -0.05) is 12.1 Å². The van der Waals surface area contributed by atoms with E-state index in [0.29, 0.717) is 11.6 Å². The summed E-state index contributed by atoms with van der Waals surface area (Å²) in [5.41, 5.74) is 3.20. The molecule has 7 heteroatoms. The van der Waals surface area contributed by atoms with Crippen LogP contribution in [0.4, 0.5) is 0 Å². The predicted molar refractivity (Wildman–Crippen MR) is 99.8 cm³/mol. The summed E-state index contributed by atoms with van der Waals surface area (Å²) < 4.78 is 3.39. The van der Waals surface area contributed by atoms with E-state index in [1.54, 1.807) is 24.4 Å². The number of nitrogens with one attached hydrogen (secondary N) is 1. The number of imidazole rings is 1. The van der Waals surface area contributed by atoms with Crippen molar-refractivity contribution in [3.05, 3.63) is 82.3 Å². The fraction of sp³-hybridized carbons (Fsp3) is 0.200. The Hall–Kier alpha value is -3.48. The van der Waals surface area contributed by atoms with E-state index < -0.39 is 5.91 Å². The van der Waals surface area contributed by atoms with Crippen LogP contribution in [0.25, 0.3) is 11.3 Å². The molecule has 1 amide bonds. The van der Waals surface area contributed by atoms with E-state index in [2.05, 4.69) is 27.5 Å². The lowest BCUT2D eigenvalue weighted by Crippen LogP contribution is -2.27. The van der Waals surface area contributed by atoms with Crippen molar-refractivity contribution in [2.45, 2.75) is 25.3 Å². The topological polar surface area (TPSA) is 80.8 Å². The van der Waals surface area contributed by atoms with Crippen LogP contribution in [-0.4, -0.2) is 24.7 Å². The van der Waals surface area contributed by atoms with Crippen LogP contribution in [-0.2, 0) is 6.54 Å². The van der Waals surface area contributed by atoms with E-state index in [4.69, 9.17) is 0 Å². The molecule has 4 heterocycles. The number of carbonyl (C=O) groups excluding carboxylic acids is 1. The zero-order chi connectivity index (χ0) is 18.4. The monoisotopic (exact) mass is 359 g/mol. The van der Waals surface area contributed by atoms with Crippen molar-refractivity contribution in [3.8, 4) is 0 Å². The van der Waals surface area contributed by atoms with Gasteiger partial charge in [0, 0.05) is 24.7 Å². The molecule has 1 aliphatic rings. The fourth-order valence-corrected chi connectivity index (χ4v) is 3.24. The number of hydrogen-bond acceptors (Lipinski definition) is 4. The fourth-order valence-electron chi connectivity index (χ4n) is 3.24. The van der Waals surface area contributed by atoms with Gasteiger partial charge in [-0.2, -0.15) is 0 Å². The van der Waals surface area contributed by atoms with Gasteiger partial charge in [-0.3, -0.25) is 14.0 Å². The highest BCUT2D eigenvalue weighted by Gasteiger charge is 2.23. The molecule has 0 unspecified atom stereocenters. The van der Waals surface area contributed by atoms with Crippen molar-refractivity contribution in [2.75, 3.05) is 0 Å². The Balaban J connectivity index is 1.35. The summed E-state index contributed by atoms with van der Waals surface area (Å²) in [6.07, 6.45) is 8.16. The highest BCUT2D eigenvalue weighted by Crippen LogP contribution is 2.39. The Kier molecular flexibility index (Phi) is 3.53. The van der Waals surface area contributed by atoms with Crippen LogP contribution in [0.3, 0.4) is 0 Å². The second-order valence-corrected chi connectivity index (χ2v) is 6.83. The van der Waals surface area contributed by atoms with Crippen LogP contribution >= 0.6 is 0 Å². The molecule has 0 aromatic carbocycles. The van der Waals surface area contributed by atoms with Gasteiger partial charge in [0.25, 0.3) is 11.5 Å². The van der Waals surface area contributed by atoms with Gasteiger partial charge in [0.05, 0.1) is 12.2 Å². The van der Waals surface area contributed by atoms with Crippen molar-refractivity contribution in [3.63, 3.8) is 0 Å². The largest absolute Gasteiger partial charge is 0.345 e. The number of amides is 1. The second-order valence-electron chi connectivity index (χ2n) is 6.83. The molecule has 0 aliphatic heterocycles. The lowest BCUT2D eigenvalue weighted by atomic mass is 10.2. The van der Waals surface area contributed by atoms with Crippen LogP contribution in [0.1, 0.15) is 40.5 Å². The van der Waals surface area contributed by atoms with E-state index in [0.717, 1.165) is 11.3 Å². The molecule has 0 bridgehead atoms. The normalized spacial score (nSPS) is 13.9. The highest BCUT2D eigenvalue weighted by atomic mass is 16.2. The number of pyridine rings is 2. The van der Waals surface area contributed by atoms with Crippen molar-refractivity contribution in [2.24, 2.45) is 0 Å². The maximum absolute atomic E-state index is 12.4. The Bertz CT molecular complexity index is 1240. The average molecular weight is 359 g/mol. The zero-order valence-corrected chi connectivity index (χ0v) is 14.5. The molecule has 27 heavy (non-hydrogen) atoms. The molecule has 0 spiro atoms. The summed E-state index contributed by atoms with van der Waals surface area (Å²) in [6, 6.07) is 10.6. The second kappa shape index (κ2) is 6.05. The lowest BCUT2D eigenvalue weighted by molar-refractivity contribution is 0.0945. The third kappa shape index (κ3) is 2.97. The third-order valence-electron chi connectivity index (χ3n) is 4.81. The molecule has 0 atom stereocenters. The maximum atomic E-state index is 12.4. The Morgan fingerprint density at radius 3 is 2.85 bits per heavy atom. The van der Waals surface area contributed by atoms with E-state index in [1.807, 2.05) is 16.7 Å². The van der Waals surface area contributed by atoms with Crippen molar-refractivity contribution in [1.82, 2.24) is 24.1 Å². The molecule has 4 aromatic rings. The van der Waals surface area contributed by atoms with E-state index in [9.17, 15) is 9.59 Å². The molecule has 1 N–H and O–H groups in total. The van der Waals surface area contributed by atoms with Crippen LogP contribution in [0, 0.1) is 0 Å². The first-order valence-electron chi connectivity index (χ1n) is 8.91. The van der Waals surface area contributed by atoms with Gasteiger partial charge < -0.3 is 9.72 Å². The summed E-state index contributed by atoms with van der Waals surface area (Å²) in [7, 11) is 0. The number of fused-ring (bicyclic) bond motifs is 2. The maximum Gasteiger partial charge on any atom is 0.270 e. The van der Waals surface area contributed by atoms with Gasteiger partial charge in [-0.15, -0.1) is 0 Å². The molecule has 0 radical (unpaired) electrons. The summed E-state index contributed by atoms with van der Waals surface area (Å²) in [5.74, 6) is 0.285. The van der Waals surface area contributed by atoms with Gasteiger partial charge in [0.2, 0.25) is 0 Å². The summed E-state index contributed by atoms with van der Waals surface area (Å²) >= 11 is 0. The molecular weight excluding hydrogens is 342 g/mol. The SMILES string of the molecule is O=C(NCc1cn2cc(C3CC3)ccc2n1)c1cc(=O)n2ccccc2n1. The standard InChI is InChI=1S/C20H17N5O2/c26-19-9-16(23-18-3-1-2-8-25(18)19)20(27)21-10-15-12-24-11-14(13-4-5-13)6-7-17(24)22-15/h1-3,6-9,11-13H,4-5,10H2,(H,21,27). The van der Waals surface area contributed by atoms with E-state index in [1.165, 1.54) is 28.9 Å². The minimum Gasteiger partial charge on any atom is -0.345 e. The van der Waals surface area contributed by atoms with Crippen molar-refractivity contribution >= 4 is 17.2 Å². The van der Waals surface area contributed by atoms with Crippen LogP contribution < -0.4 is 10.9 Å². The third-order valence-corrected chi connectivity index (χ3v) is 4.81. The van der Waals surface area contributed by atoms with Gasteiger partial charge in [0.15, 0.2) is 0 Å². The predicted octanol–water partition coefficient (Wildman–Crippen LogP) is 2.15. The van der Waals surface area contributed by atoms with Gasteiger partial charge in [-0.05, 0) is 42.5 Å². The Morgan fingerprint density at radius 2 is 2.00 bits per heavy atom. The Morgan fingerprint density at radius 1 is 1.11 bits per heavy atom. The minimum atomic E-state index is -0.394. The van der Waals surface area contributed by atoms with Crippen LogP contribution in [0.15, 0.2) is 59.8 Å².